The third-order valence-electron chi connectivity index (χ3n) is 2.93. The lowest BCUT2D eigenvalue weighted by Gasteiger charge is -2.22. The summed E-state index contributed by atoms with van der Waals surface area (Å²) in [5, 5.41) is 0. The molecule has 0 radical (unpaired) electrons. The fourth-order valence-corrected chi connectivity index (χ4v) is 1.84. The molecule has 1 unspecified atom stereocenters. The number of ether oxygens (including phenoxy) is 1. The third-order valence-corrected chi connectivity index (χ3v) is 2.93. The van der Waals surface area contributed by atoms with Gasteiger partial charge in [0.05, 0.1) is 0 Å². The number of hydrogen-bond acceptors (Lipinski definition) is 4. The van der Waals surface area contributed by atoms with E-state index in [2.05, 4.69) is 6.92 Å². The van der Waals surface area contributed by atoms with Crippen molar-refractivity contribution in [3.8, 4) is 0 Å². The molecule has 0 aliphatic heterocycles. The molecule has 0 N–H and O–H groups in total. The molecule has 0 heterocycles. The van der Waals surface area contributed by atoms with Gasteiger partial charge in [-0.3, -0.25) is 4.89 Å². The number of carbonyl (C=O) groups is 1. The van der Waals surface area contributed by atoms with E-state index in [4.69, 9.17) is 14.5 Å². The summed E-state index contributed by atoms with van der Waals surface area (Å²) in [6.45, 7) is 5.97. The molecule has 4 heteroatoms. The number of hydrogen-bond donors (Lipinski definition) is 0. The number of carbonyl (C=O) groups excluding carboxylic acids is 1. The van der Waals surface area contributed by atoms with Crippen LogP contribution in [0.1, 0.15) is 59.3 Å². The van der Waals surface area contributed by atoms with Crippen molar-refractivity contribution in [2.24, 2.45) is 0 Å². The molecule has 1 aliphatic rings. The standard InChI is InChI=1S/C14H24O4/c1-4-5-8-11-14(2,3)18-17-13(15)16-12-9-6-7-10-12/h6,9,12H,4-5,7-8,10-11H2,1-3H3. The summed E-state index contributed by atoms with van der Waals surface area (Å²) in [4.78, 5) is 21.2. The molecular formula is C14H24O4. The van der Waals surface area contributed by atoms with Crippen LogP contribution in [-0.4, -0.2) is 17.9 Å². The molecule has 0 bridgehead atoms. The minimum atomic E-state index is -0.755. The Labute approximate surface area is 109 Å². The second-order valence-electron chi connectivity index (χ2n) is 5.30. The van der Waals surface area contributed by atoms with Crippen LogP contribution in [-0.2, 0) is 14.5 Å². The van der Waals surface area contributed by atoms with Crippen LogP contribution in [0.5, 0.6) is 0 Å². The van der Waals surface area contributed by atoms with Crippen LogP contribution in [0.15, 0.2) is 12.2 Å². The quantitative estimate of drug-likeness (QED) is 0.226. The molecular weight excluding hydrogens is 232 g/mol. The number of rotatable bonds is 7. The van der Waals surface area contributed by atoms with Crippen LogP contribution >= 0.6 is 0 Å². The average molecular weight is 256 g/mol. The first-order valence-electron chi connectivity index (χ1n) is 6.76. The summed E-state index contributed by atoms with van der Waals surface area (Å²) >= 11 is 0. The van der Waals surface area contributed by atoms with E-state index >= 15 is 0 Å². The minimum Gasteiger partial charge on any atom is -0.425 e. The normalized spacial score (nSPS) is 18.9. The van der Waals surface area contributed by atoms with Crippen molar-refractivity contribution >= 4 is 6.16 Å². The van der Waals surface area contributed by atoms with Gasteiger partial charge in [0, 0.05) is 0 Å². The minimum absolute atomic E-state index is 0.163. The van der Waals surface area contributed by atoms with Gasteiger partial charge in [-0.15, -0.1) is 0 Å². The van der Waals surface area contributed by atoms with E-state index in [0.29, 0.717) is 0 Å². The van der Waals surface area contributed by atoms with Crippen molar-refractivity contribution < 1.29 is 19.3 Å². The summed E-state index contributed by atoms with van der Waals surface area (Å²) in [6.07, 6.45) is 8.96. The Hall–Kier alpha value is -1.03. The molecule has 0 aromatic heterocycles. The maximum absolute atomic E-state index is 11.4. The van der Waals surface area contributed by atoms with E-state index in [0.717, 1.165) is 38.5 Å². The largest absolute Gasteiger partial charge is 0.541 e. The fraction of sp³-hybridized carbons (Fsp3) is 0.786. The van der Waals surface area contributed by atoms with Crippen LogP contribution < -0.4 is 0 Å². The molecule has 0 aromatic rings. The van der Waals surface area contributed by atoms with Crippen molar-refractivity contribution in [1.29, 1.82) is 0 Å². The molecule has 104 valence electrons. The Kier molecular flexibility index (Phi) is 6.19. The molecule has 0 amide bonds. The zero-order valence-corrected chi connectivity index (χ0v) is 11.6. The van der Waals surface area contributed by atoms with Gasteiger partial charge in [0.2, 0.25) is 0 Å². The zero-order chi connectivity index (χ0) is 13.4. The summed E-state index contributed by atoms with van der Waals surface area (Å²) < 4.78 is 5.06. The van der Waals surface area contributed by atoms with Gasteiger partial charge in [0.1, 0.15) is 11.7 Å². The highest BCUT2D eigenvalue weighted by Gasteiger charge is 2.23. The lowest BCUT2D eigenvalue weighted by molar-refractivity contribution is -0.319. The van der Waals surface area contributed by atoms with E-state index in [-0.39, 0.29) is 6.10 Å². The van der Waals surface area contributed by atoms with Gasteiger partial charge in [0.25, 0.3) is 0 Å². The van der Waals surface area contributed by atoms with Crippen molar-refractivity contribution in [3.63, 3.8) is 0 Å². The van der Waals surface area contributed by atoms with Gasteiger partial charge < -0.3 is 4.74 Å². The SMILES string of the molecule is CCCCCC(C)(C)OOC(=O)OC1C=CCC1. The second-order valence-corrected chi connectivity index (χ2v) is 5.30. The fourth-order valence-electron chi connectivity index (χ4n) is 1.84. The smallest absolute Gasteiger partial charge is 0.425 e. The van der Waals surface area contributed by atoms with Crippen LogP contribution in [0.25, 0.3) is 0 Å². The van der Waals surface area contributed by atoms with Crippen molar-refractivity contribution in [1.82, 2.24) is 0 Å². The molecule has 0 saturated heterocycles. The Bertz CT molecular complexity index is 284. The molecule has 0 aromatic carbocycles. The molecule has 1 rings (SSSR count). The lowest BCUT2D eigenvalue weighted by atomic mass is 10.0. The van der Waals surface area contributed by atoms with Crippen LogP contribution in [0.2, 0.25) is 0 Å². The van der Waals surface area contributed by atoms with Gasteiger partial charge >= 0.3 is 6.16 Å². The van der Waals surface area contributed by atoms with Gasteiger partial charge in [-0.2, -0.15) is 4.89 Å². The van der Waals surface area contributed by atoms with E-state index in [1.807, 2.05) is 26.0 Å². The summed E-state index contributed by atoms with van der Waals surface area (Å²) in [6, 6.07) is 0. The molecule has 0 spiro atoms. The summed E-state index contributed by atoms with van der Waals surface area (Å²) in [7, 11) is 0. The second kappa shape index (κ2) is 7.41. The highest BCUT2D eigenvalue weighted by atomic mass is 17.2. The molecule has 0 saturated carbocycles. The van der Waals surface area contributed by atoms with Crippen molar-refractivity contribution in [2.75, 3.05) is 0 Å². The average Bonchev–Trinajstić information content (AvgIpc) is 2.80. The molecule has 1 atom stereocenters. The number of allylic oxidation sites excluding steroid dienone is 1. The zero-order valence-electron chi connectivity index (χ0n) is 11.6. The Morgan fingerprint density at radius 3 is 2.78 bits per heavy atom. The molecule has 4 nitrogen and oxygen atoms in total. The third kappa shape index (κ3) is 6.05. The highest BCUT2D eigenvalue weighted by molar-refractivity contribution is 5.59. The molecule has 1 aliphatic carbocycles. The lowest BCUT2D eigenvalue weighted by Crippen LogP contribution is -2.27. The molecule has 18 heavy (non-hydrogen) atoms. The van der Waals surface area contributed by atoms with E-state index in [1.54, 1.807) is 0 Å². The first kappa shape index (κ1) is 15.0. The van der Waals surface area contributed by atoms with Crippen LogP contribution in [0.4, 0.5) is 4.79 Å². The Morgan fingerprint density at radius 2 is 2.17 bits per heavy atom. The van der Waals surface area contributed by atoms with Gasteiger partial charge in [-0.25, -0.2) is 4.79 Å². The Balaban J connectivity index is 2.17. The van der Waals surface area contributed by atoms with Crippen molar-refractivity contribution in [2.45, 2.75) is 71.0 Å². The van der Waals surface area contributed by atoms with E-state index in [1.165, 1.54) is 0 Å². The topological polar surface area (TPSA) is 44.8 Å². The van der Waals surface area contributed by atoms with E-state index < -0.39 is 11.8 Å². The summed E-state index contributed by atoms with van der Waals surface area (Å²) in [5.41, 5.74) is -0.459. The molecule has 0 fully saturated rings. The monoisotopic (exact) mass is 256 g/mol. The van der Waals surface area contributed by atoms with Gasteiger partial charge in [-0.1, -0.05) is 32.3 Å². The van der Waals surface area contributed by atoms with Gasteiger partial charge in [0.15, 0.2) is 0 Å². The first-order chi connectivity index (χ1) is 8.53. The predicted molar refractivity (Wildman–Crippen MR) is 69.0 cm³/mol. The Morgan fingerprint density at radius 1 is 1.39 bits per heavy atom. The first-order valence-corrected chi connectivity index (χ1v) is 6.76. The maximum Gasteiger partial charge on any atom is 0.541 e. The summed E-state index contributed by atoms with van der Waals surface area (Å²) in [5.74, 6) is 0. The number of unbranched alkanes of at least 4 members (excludes halogenated alkanes) is 2. The van der Waals surface area contributed by atoms with E-state index in [9.17, 15) is 4.79 Å². The van der Waals surface area contributed by atoms with Crippen molar-refractivity contribution in [3.05, 3.63) is 12.2 Å². The highest BCUT2D eigenvalue weighted by Crippen LogP contribution is 2.20. The predicted octanol–water partition coefficient (Wildman–Crippen LogP) is 4.15. The van der Waals surface area contributed by atoms with Crippen LogP contribution in [0.3, 0.4) is 0 Å². The maximum atomic E-state index is 11.4. The van der Waals surface area contributed by atoms with Crippen LogP contribution in [0, 0.1) is 0 Å². The van der Waals surface area contributed by atoms with Gasteiger partial charge in [-0.05, 0) is 39.2 Å².